The monoisotopic (exact) mass is 466 g/mol. The first kappa shape index (κ1) is 24.3. The first-order valence-corrected chi connectivity index (χ1v) is 12.9. The predicted octanol–water partition coefficient (Wildman–Crippen LogP) is 3.30. The lowest BCUT2D eigenvalue weighted by molar-refractivity contribution is -0.120. The molecular formula is C21H26N2O4S3. The van der Waals surface area contributed by atoms with Gasteiger partial charge < -0.3 is 5.32 Å². The lowest BCUT2D eigenvalue weighted by Gasteiger charge is -2.13. The first-order chi connectivity index (χ1) is 14.3. The third-order valence-corrected chi connectivity index (χ3v) is 7.56. The van der Waals surface area contributed by atoms with Gasteiger partial charge in [0, 0.05) is 16.3 Å². The van der Waals surface area contributed by atoms with E-state index in [9.17, 15) is 18.0 Å². The molecule has 0 radical (unpaired) electrons. The molecule has 0 saturated carbocycles. The number of benzene rings is 2. The summed E-state index contributed by atoms with van der Waals surface area (Å²) in [5.74, 6) is -0.943. The topological polar surface area (TPSA) is 92.3 Å². The molecule has 2 amide bonds. The van der Waals surface area contributed by atoms with Crippen molar-refractivity contribution in [3.63, 3.8) is 0 Å². The van der Waals surface area contributed by atoms with Crippen LogP contribution in [0.25, 0.3) is 0 Å². The van der Waals surface area contributed by atoms with E-state index in [4.69, 9.17) is 0 Å². The molecule has 162 valence electrons. The molecule has 2 unspecified atom stereocenters. The van der Waals surface area contributed by atoms with Gasteiger partial charge >= 0.3 is 0 Å². The Hall–Kier alpha value is -1.97. The van der Waals surface area contributed by atoms with Gasteiger partial charge in [0.25, 0.3) is 0 Å². The van der Waals surface area contributed by atoms with Crippen LogP contribution in [-0.4, -0.2) is 43.0 Å². The molecule has 2 aromatic carbocycles. The van der Waals surface area contributed by atoms with Gasteiger partial charge in [0.05, 0.1) is 16.3 Å². The highest BCUT2D eigenvalue weighted by atomic mass is 32.2. The highest BCUT2D eigenvalue weighted by Crippen LogP contribution is 2.23. The molecule has 0 aliphatic heterocycles. The first-order valence-electron chi connectivity index (χ1n) is 9.52. The third-order valence-electron chi connectivity index (χ3n) is 4.00. The molecule has 0 spiro atoms. The lowest BCUT2D eigenvalue weighted by Crippen LogP contribution is -2.38. The second kappa shape index (κ2) is 12.0. The van der Waals surface area contributed by atoms with Crippen molar-refractivity contribution in [1.29, 1.82) is 0 Å². The summed E-state index contributed by atoms with van der Waals surface area (Å²) in [6.07, 6.45) is 0.220. The smallest absolute Gasteiger partial charge is 0.246 e. The van der Waals surface area contributed by atoms with Crippen molar-refractivity contribution in [2.24, 2.45) is 0 Å². The molecule has 0 bridgehead atoms. The summed E-state index contributed by atoms with van der Waals surface area (Å²) in [6, 6.07) is 18.9. The van der Waals surface area contributed by atoms with Crippen LogP contribution in [0.1, 0.15) is 20.3 Å². The minimum absolute atomic E-state index is 0.154. The van der Waals surface area contributed by atoms with Crippen LogP contribution in [0.5, 0.6) is 0 Å². The van der Waals surface area contributed by atoms with Crippen LogP contribution in [0.3, 0.4) is 0 Å². The van der Waals surface area contributed by atoms with Crippen LogP contribution < -0.4 is 10.0 Å². The van der Waals surface area contributed by atoms with E-state index in [0.29, 0.717) is 0 Å². The second-order valence-electron chi connectivity index (χ2n) is 6.58. The Bertz CT molecular complexity index is 922. The second-order valence-corrected chi connectivity index (χ2v) is 11.2. The molecule has 30 heavy (non-hydrogen) atoms. The summed E-state index contributed by atoms with van der Waals surface area (Å²) in [4.78, 5) is 26.2. The van der Waals surface area contributed by atoms with E-state index in [1.807, 2.05) is 60.7 Å². The van der Waals surface area contributed by atoms with Crippen molar-refractivity contribution >= 4 is 45.4 Å². The molecule has 6 nitrogen and oxygen atoms in total. The third kappa shape index (κ3) is 8.81. The maximum Gasteiger partial charge on any atom is 0.246 e. The quantitative estimate of drug-likeness (QED) is 0.390. The highest BCUT2D eigenvalue weighted by molar-refractivity contribution is 8.01. The van der Waals surface area contributed by atoms with E-state index in [0.717, 1.165) is 9.79 Å². The van der Waals surface area contributed by atoms with E-state index in [2.05, 4.69) is 10.0 Å². The van der Waals surface area contributed by atoms with Gasteiger partial charge in [0.2, 0.25) is 21.8 Å². The molecule has 2 aromatic rings. The summed E-state index contributed by atoms with van der Waals surface area (Å²) in [5, 5.41) is 1.91. The van der Waals surface area contributed by atoms with Gasteiger partial charge in [-0.05, 0) is 44.5 Å². The molecule has 2 atom stereocenters. The van der Waals surface area contributed by atoms with Gasteiger partial charge in [-0.25, -0.2) is 8.42 Å². The van der Waals surface area contributed by atoms with E-state index in [-0.39, 0.29) is 29.9 Å². The molecule has 0 heterocycles. The zero-order valence-corrected chi connectivity index (χ0v) is 19.4. The summed E-state index contributed by atoms with van der Waals surface area (Å²) >= 11 is 2.73. The Kier molecular flexibility index (Phi) is 9.74. The van der Waals surface area contributed by atoms with E-state index < -0.39 is 21.2 Å². The zero-order chi connectivity index (χ0) is 22.0. The van der Waals surface area contributed by atoms with Gasteiger partial charge in [0.1, 0.15) is 0 Å². The Morgan fingerprint density at radius 3 is 1.80 bits per heavy atom. The highest BCUT2D eigenvalue weighted by Gasteiger charge is 2.21. The fourth-order valence-electron chi connectivity index (χ4n) is 2.42. The van der Waals surface area contributed by atoms with Crippen molar-refractivity contribution < 1.29 is 18.0 Å². The summed E-state index contributed by atoms with van der Waals surface area (Å²) < 4.78 is 26.4. The molecule has 0 aliphatic carbocycles. The average Bonchev–Trinajstić information content (AvgIpc) is 2.72. The van der Waals surface area contributed by atoms with Crippen molar-refractivity contribution in [2.75, 3.05) is 12.3 Å². The van der Waals surface area contributed by atoms with Crippen LogP contribution in [0.15, 0.2) is 70.5 Å². The van der Waals surface area contributed by atoms with Gasteiger partial charge in [-0.2, -0.15) is 0 Å². The van der Waals surface area contributed by atoms with Crippen LogP contribution in [-0.2, 0) is 19.6 Å². The molecule has 0 saturated heterocycles. The van der Waals surface area contributed by atoms with Gasteiger partial charge in [0.15, 0.2) is 0 Å². The standard InChI is InChI=1S/C21H26N2O4S3/c1-16(28-18-10-5-3-6-11-18)20(24)22-14-9-15-30(26,27)23-21(25)17(2)29-19-12-7-4-8-13-19/h3-8,10-13,16-17H,9,14-15H2,1-2H3,(H,22,24)(H,23,25). The number of hydrogen-bond donors (Lipinski definition) is 2. The van der Waals surface area contributed by atoms with Crippen LogP contribution in [0.2, 0.25) is 0 Å². The normalized spacial score (nSPS) is 13.3. The maximum atomic E-state index is 12.2. The van der Waals surface area contributed by atoms with Crippen molar-refractivity contribution in [1.82, 2.24) is 10.0 Å². The lowest BCUT2D eigenvalue weighted by atomic mass is 10.4. The van der Waals surface area contributed by atoms with E-state index >= 15 is 0 Å². The number of carbonyl (C=O) groups is 2. The largest absolute Gasteiger partial charge is 0.355 e. The van der Waals surface area contributed by atoms with Crippen molar-refractivity contribution in [2.45, 2.75) is 40.6 Å². The number of rotatable bonds is 11. The Morgan fingerprint density at radius 1 is 0.833 bits per heavy atom. The van der Waals surface area contributed by atoms with Gasteiger partial charge in [-0.1, -0.05) is 36.4 Å². The summed E-state index contributed by atoms with van der Waals surface area (Å²) in [7, 11) is -3.75. The fraction of sp³-hybridized carbons (Fsp3) is 0.333. The Balaban J connectivity index is 1.70. The number of thioether (sulfide) groups is 2. The van der Waals surface area contributed by atoms with E-state index in [1.54, 1.807) is 13.8 Å². The molecule has 2 rings (SSSR count). The molecular weight excluding hydrogens is 440 g/mol. The maximum absolute atomic E-state index is 12.2. The number of carbonyl (C=O) groups excluding carboxylic acids is 2. The number of sulfonamides is 1. The molecule has 2 N–H and O–H groups in total. The SMILES string of the molecule is CC(Sc1ccccc1)C(=O)NCCCS(=O)(=O)NC(=O)C(C)Sc1ccccc1. The summed E-state index contributed by atoms with van der Waals surface area (Å²) in [5.41, 5.74) is 0. The minimum Gasteiger partial charge on any atom is -0.355 e. The minimum atomic E-state index is -3.75. The number of hydrogen-bond acceptors (Lipinski definition) is 6. The van der Waals surface area contributed by atoms with Crippen molar-refractivity contribution in [3.8, 4) is 0 Å². The Morgan fingerprint density at radius 2 is 1.30 bits per heavy atom. The molecule has 9 heteroatoms. The van der Waals surface area contributed by atoms with Gasteiger partial charge in [-0.3, -0.25) is 14.3 Å². The Labute approximate surface area is 186 Å². The fourth-order valence-corrected chi connectivity index (χ4v) is 5.40. The molecule has 0 aliphatic rings. The molecule has 0 fully saturated rings. The van der Waals surface area contributed by atoms with Crippen LogP contribution in [0, 0.1) is 0 Å². The van der Waals surface area contributed by atoms with Crippen LogP contribution >= 0.6 is 23.5 Å². The zero-order valence-electron chi connectivity index (χ0n) is 16.9. The predicted molar refractivity (Wildman–Crippen MR) is 123 cm³/mol. The van der Waals surface area contributed by atoms with Crippen molar-refractivity contribution in [3.05, 3.63) is 60.7 Å². The van der Waals surface area contributed by atoms with Crippen LogP contribution in [0.4, 0.5) is 0 Å². The number of nitrogens with one attached hydrogen (secondary N) is 2. The summed E-state index contributed by atoms with van der Waals surface area (Å²) in [6.45, 7) is 3.69. The van der Waals surface area contributed by atoms with E-state index in [1.165, 1.54) is 23.5 Å². The number of amides is 2. The average molecular weight is 467 g/mol. The van der Waals surface area contributed by atoms with Gasteiger partial charge in [-0.15, -0.1) is 23.5 Å². The molecule has 0 aromatic heterocycles.